The summed E-state index contributed by atoms with van der Waals surface area (Å²) in [5, 5.41) is 10.8. The van der Waals surface area contributed by atoms with Crippen molar-refractivity contribution in [2.24, 2.45) is 11.8 Å². The Bertz CT molecular complexity index is 593. The first-order chi connectivity index (χ1) is 10.1. The Kier molecular flexibility index (Phi) is 2.90. The summed E-state index contributed by atoms with van der Waals surface area (Å²) in [7, 11) is 0. The van der Waals surface area contributed by atoms with Crippen molar-refractivity contribution in [2.45, 2.75) is 44.6 Å². The molecule has 0 bridgehead atoms. The van der Waals surface area contributed by atoms with Crippen LogP contribution in [0.1, 0.15) is 47.7 Å². The van der Waals surface area contributed by atoms with Gasteiger partial charge in [0.05, 0.1) is 12.1 Å². The first-order valence-corrected chi connectivity index (χ1v) is 8.21. The third-order valence-electron chi connectivity index (χ3n) is 5.71. The monoisotopic (exact) mass is 285 g/mol. The minimum absolute atomic E-state index is 0.0909. The van der Waals surface area contributed by atoms with Crippen LogP contribution < -0.4 is 0 Å². The van der Waals surface area contributed by atoms with Crippen molar-refractivity contribution < 1.29 is 9.90 Å². The molecule has 2 unspecified atom stereocenters. The molecule has 0 spiro atoms. The predicted octanol–water partition coefficient (Wildman–Crippen LogP) is 2.41. The smallest absolute Gasteiger partial charge is 0.253 e. The summed E-state index contributed by atoms with van der Waals surface area (Å²) in [6.45, 7) is 3.27. The Hall–Kier alpha value is -1.35. The molecule has 1 N–H and O–H groups in total. The van der Waals surface area contributed by atoms with Crippen molar-refractivity contribution in [3.8, 4) is 0 Å². The molecule has 1 aliphatic heterocycles. The molecule has 1 saturated carbocycles. The SMILES string of the molecule is CC1CN(C(=O)c2ccc3c(c2)CCC3)CC1(O)C1CC1. The molecule has 1 heterocycles. The quantitative estimate of drug-likeness (QED) is 0.906. The van der Waals surface area contributed by atoms with E-state index in [0.717, 1.165) is 31.2 Å². The fourth-order valence-electron chi connectivity index (χ4n) is 4.17. The number of hydrogen-bond acceptors (Lipinski definition) is 2. The van der Waals surface area contributed by atoms with Gasteiger partial charge in [0.2, 0.25) is 0 Å². The Morgan fingerprint density at radius 1 is 1.29 bits per heavy atom. The summed E-state index contributed by atoms with van der Waals surface area (Å²) in [5.74, 6) is 0.682. The van der Waals surface area contributed by atoms with Crippen LogP contribution in [0, 0.1) is 11.8 Å². The van der Waals surface area contributed by atoms with E-state index in [0.29, 0.717) is 19.0 Å². The summed E-state index contributed by atoms with van der Waals surface area (Å²) in [5.41, 5.74) is 2.89. The van der Waals surface area contributed by atoms with E-state index in [4.69, 9.17) is 0 Å². The lowest BCUT2D eigenvalue weighted by atomic mass is 9.88. The summed E-state index contributed by atoms with van der Waals surface area (Å²) >= 11 is 0. The molecule has 3 nitrogen and oxygen atoms in total. The molecule has 0 aromatic heterocycles. The van der Waals surface area contributed by atoms with Crippen molar-refractivity contribution in [1.29, 1.82) is 0 Å². The summed E-state index contributed by atoms with van der Waals surface area (Å²) < 4.78 is 0. The van der Waals surface area contributed by atoms with E-state index in [-0.39, 0.29) is 11.8 Å². The molecule has 112 valence electrons. The van der Waals surface area contributed by atoms with Gasteiger partial charge in [-0.2, -0.15) is 0 Å². The van der Waals surface area contributed by atoms with Crippen LogP contribution in [-0.2, 0) is 12.8 Å². The lowest BCUT2D eigenvalue weighted by Gasteiger charge is -2.26. The number of carbonyl (C=O) groups excluding carboxylic acids is 1. The predicted molar refractivity (Wildman–Crippen MR) is 81.2 cm³/mol. The van der Waals surface area contributed by atoms with E-state index in [1.807, 2.05) is 11.0 Å². The Labute approximate surface area is 126 Å². The highest BCUT2D eigenvalue weighted by molar-refractivity contribution is 5.94. The third kappa shape index (κ3) is 2.10. The van der Waals surface area contributed by atoms with Gasteiger partial charge in [-0.05, 0) is 61.3 Å². The molecule has 21 heavy (non-hydrogen) atoms. The fraction of sp³-hybridized carbons (Fsp3) is 0.611. The number of hydrogen-bond donors (Lipinski definition) is 1. The van der Waals surface area contributed by atoms with E-state index in [1.54, 1.807) is 0 Å². The molecule has 3 aliphatic rings. The van der Waals surface area contributed by atoms with E-state index in [1.165, 1.54) is 17.5 Å². The number of rotatable bonds is 2. The number of nitrogens with zero attached hydrogens (tertiary/aromatic N) is 1. The molecule has 1 amide bonds. The molecule has 4 rings (SSSR count). The molecule has 2 fully saturated rings. The minimum atomic E-state index is -0.646. The largest absolute Gasteiger partial charge is 0.387 e. The van der Waals surface area contributed by atoms with Crippen molar-refractivity contribution in [2.75, 3.05) is 13.1 Å². The molecule has 1 aromatic rings. The maximum atomic E-state index is 12.7. The highest BCUT2D eigenvalue weighted by Gasteiger charge is 2.53. The zero-order valence-electron chi connectivity index (χ0n) is 12.6. The average Bonchev–Trinajstić information content (AvgIpc) is 3.16. The first-order valence-electron chi connectivity index (χ1n) is 8.21. The number of likely N-dealkylation sites (tertiary alicyclic amines) is 1. The van der Waals surface area contributed by atoms with Gasteiger partial charge >= 0.3 is 0 Å². The summed E-state index contributed by atoms with van der Waals surface area (Å²) in [6, 6.07) is 6.15. The van der Waals surface area contributed by atoms with E-state index >= 15 is 0 Å². The molecule has 1 aromatic carbocycles. The van der Waals surface area contributed by atoms with Crippen LogP contribution in [-0.4, -0.2) is 34.6 Å². The molecular formula is C18H23NO2. The van der Waals surface area contributed by atoms with Crippen LogP contribution in [0.2, 0.25) is 0 Å². The van der Waals surface area contributed by atoms with Gasteiger partial charge in [0.1, 0.15) is 0 Å². The third-order valence-corrected chi connectivity index (χ3v) is 5.71. The number of benzene rings is 1. The summed E-state index contributed by atoms with van der Waals surface area (Å²) in [4.78, 5) is 14.6. The number of amides is 1. The zero-order chi connectivity index (χ0) is 14.6. The molecule has 2 aliphatic carbocycles. The molecular weight excluding hydrogens is 262 g/mol. The average molecular weight is 285 g/mol. The van der Waals surface area contributed by atoms with Crippen LogP contribution in [0.5, 0.6) is 0 Å². The number of carbonyl (C=O) groups is 1. The molecule has 3 heteroatoms. The first kappa shape index (κ1) is 13.3. The van der Waals surface area contributed by atoms with Gasteiger partial charge in [-0.15, -0.1) is 0 Å². The van der Waals surface area contributed by atoms with Gasteiger partial charge in [0.15, 0.2) is 0 Å². The second-order valence-corrected chi connectivity index (χ2v) is 7.19. The topological polar surface area (TPSA) is 40.5 Å². The van der Waals surface area contributed by atoms with Gasteiger partial charge < -0.3 is 10.0 Å². The van der Waals surface area contributed by atoms with E-state index < -0.39 is 5.60 Å². The molecule has 2 atom stereocenters. The number of aryl methyl sites for hydroxylation is 2. The van der Waals surface area contributed by atoms with Crippen LogP contribution in [0.15, 0.2) is 18.2 Å². The van der Waals surface area contributed by atoms with Gasteiger partial charge in [-0.1, -0.05) is 13.0 Å². The highest BCUT2D eigenvalue weighted by Crippen LogP contribution is 2.47. The normalized spacial score (nSPS) is 31.5. The highest BCUT2D eigenvalue weighted by atomic mass is 16.3. The van der Waals surface area contributed by atoms with Crippen molar-refractivity contribution in [1.82, 2.24) is 4.90 Å². The number of aliphatic hydroxyl groups is 1. The van der Waals surface area contributed by atoms with Gasteiger partial charge in [-0.3, -0.25) is 4.79 Å². The Balaban J connectivity index is 1.55. The second-order valence-electron chi connectivity index (χ2n) is 7.19. The number of fused-ring (bicyclic) bond motifs is 1. The van der Waals surface area contributed by atoms with E-state index in [9.17, 15) is 9.90 Å². The van der Waals surface area contributed by atoms with Crippen molar-refractivity contribution >= 4 is 5.91 Å². The second kappa shape index (κ2) is 4.57. The Morgan fingerprint density at radius 3 is 2.81 bits per heavy atom. The lowest BCUT2D eigenvalue weighted by Crippen LogP contribution is -2.40. The standard InChI is InChI=1S/C18H23NO2/c1-12-10-19(11-18(12,21)16-7-8-16)17(20)15-6-5-13-3-2-4-14(13)9-15/h5-6,9,12,16,21H,2-4,7-8,10-11H2,1H3. The van der Waals surface area contributed by atoms with Crippen molar-refractivity contribution in [3.63, 3.8) is 0 Å². The van der Waals surface area contributed by atoms with Gasteiger partial charge in [0, 0.05) is 18.0 Å². The fourth-order valence-corrected chi connectivity index (χ4v) is 4.17. The Morgan fingerprint density at radius 2 is 2.05 bits per heavy atom. The minimum Gasteiger partial charge on any atom is -0.387 e. The maximum Gasteiger partial charge on any atom is 0.253 e. The van der Waals surface area contributed by atoms with Gasteiger partial charge in [-0.25, -0.2) is 0 Å². The summed E-state index contributed by atoms with van der Waals surface area (Å²) in [6.07, 6.45) is 5.67. The van der Waals surface area contributed by atoms with Crippen LogP contribution >= 0.6 is 0 Å². The maximum absolute atomic E-state index is 12.7. The van der Waals surface area contributed by atoms with E-state index in [2.05, 4.69) is 19.1 Å². The van der Waals surface area contributed by atoms with Crippen LogP contribution in [0.4, 0.5) is 0 Å². The van der Waals surface area contributed by atoms with Crippen LogP contribution in [0.25, 0.3) is 0 Å². The van der Waals surface area contributed by atoms with Crippen molar-refractivity contribution in [3.05, 3.63) is 34.9 Å². The molecule has 0 radical (unpaired) electrons. The number of β-amino-alcohol motifs (C(OH)–C–C–N with tert-alkyl or cyclic N) is 1. The molecule has 1 saturated heterocycles. The zero-order valence-corrected chi connectivity index (χ0v) is 12.6. The van der Waals surface area contributed by atoms with Gasteiger partial charge in [0.25, 0.3) is 5.91 Å². The lowest BCUT2D eigenvalue weighted by molar-refractivity contribution is -0.00364. The van der Waals surface area contributed by atoms with Crippen LogP contribution in [0.3, 0.4) is 0 Å².